The van der Waals surface area contributed by atoms with E-state index in [4.69, 9.17) is 10.4 Å². The van der Waals surface area contributed by atoms with E-state index in [1.54, 1.807) is 12.1 Å². The number of nitriles is 1. The summed E-state index contributed by atoms with van der Waals surface area (Å²) in [5.74, 6) is -1.43. The first-order valence-corrected chi connectivity index (χ1v) is 6.52. The Hall–Kier alpha value is -2.07. The van der Waals surface area contributed by atoms with Crippen molar-refractivity contribution in [1.82, 2.24) is 0 Å². The van der Waals surface area contributed by atoms with Crippen molar-refractivity contribution in [1.29, 1.82) is 5.26 Å². The van der Waals surface area contributed by atoms with Crippen LogP contribution < -0.4 is 4.31 Å². The first-order valence-electron chi connectivity index (χ1n) is 5.02. The quantitative estimate of drug-likeness (QED) is 0.870. The van der Waals surface area contributed by atoms with Crippen molar-refractivity contribution in [3.63, 3.8) is 0 Å². The van der Waals surface area contributed by atoms with Gasteiger partial charge in [-0.15, -0.1) is 0 Å². The molecule has 0 aliphatic heterocycles. The molecule has 0 saturated heterocycles. The highest BCUT2D eigenvalue weighted by Gasteiger charge is 2.32. The highest BCUT2D eigenvalue weighted by molar-refractivity contribution is 7.94. The second-order valence-corrected chi connectivity index (χ2v) is 5.91. The lowest BCUT2D eigenvalue weighted by Crippen LogP contribution is -2.39. The van der Waals surface area contributed by atoms with Crippen molar-refractivity contribution in [2.45, 2.75) is 12.2 Å². The number of hydrogen-bond donors (Lipinski definition) is 1. The maximum absolute atomic E-state index is 12.0. The zero-order valence-electron chi connectivity index (χ0n) is 9.86. The first-order chi connectivity index (χ1) is 8.32. The summed E-state index contributed by atoms with van der Waals surface area (Å²) >= 11 is 0. The van der Waals surface area contributed by atoms with Crippen molar-refractivity contribution in [2.24, 2.45) is 0 Å². The monoisotopic (exact) mass is 268 g/mol. The molecule has 0 aromatic heterocycles. The molecule has 6 nitrogen and oxygen atoms in total. The Labute approximate surface area is 105 Å². The smallest absolute Gasteiger partial charge is 0.323 e. The van der Waals surface area contributed by atoms with Gasteiger partial charge in [-0.05, 0) is 19.1 Å². The minimum absolute atomic E-state index is 0.160. The van der Waals surface area contributed by atoms with Gasteiger partial charge in [0, 0.05) is 7.05 Å². The lowest BCUT2D eigenvalue weighted by atomic mass is 10.2. The van der Waals surface area contributed by atoms with Gasteiger partial charge >= 0.3 is 5.97 Å². The number of anilines is 1. The second kappa shape index (κ2) is 5.06. The van der Waals surface area contributed by atoms with Gasteiger partial charge in [0.05, 0.1) is 11.3 Å². The Morgan fingerprint density at radius 2 is 2.00 bits per heavy atom. The molecule has 96 valence electrons. The van der Waals surface area contributed by atoms with Crippen molar-refractivity contribution >= 4 is 21.7 Å². The Bertz CT molecular complexity index is 604. The second-order valence-electron chi connectivity index (χ2n) is 3.62. The number of benzene rings is 1. The van der Waals surface area contributed by atoms with Gasteiger partial charge in [-0.25, -0.2) is 8.42 Å². The van der Waals surface area contributed by atoms with Gasteiger partial charge in [0.25, 0.3) is 0 Å². The van der Waals surface area contributed by atoms with Crippen LogP contribution in [0.5, 0.6) is 0 Å². The highest BCUT2D eigenvalue weighted by atomic mass is 32.2. The highest BCUT2D eigenvalue weighted by Crippen LogP contribution is 2.22. The Morgan fingerprint density at radius 3 is 2.50 bits per heavy atom. The number of aliphatic carboxylic acids is 1. The van der Waals surface area contributed by atoms with E-state index in [1.165, 1.54) is 19.2 Å². The number of para-hydroxylation sites is 1. The molecule has 1 aromatic rings. The van der Waals surface area contributed by atoms with Gasteiger partial charge < -0.3 is 5.11 Å². The van der Waals surface area contributed by atoms with E-state index >= 15 is 0 Å². The Balaban J connectivity index is 3.27. The zero-order valence-corrected chi connectivity index (χ0v) is 10.7. The predicted molar refractivity (Wildman–Crippen MR) is 65.6 cm³/mol. The number of carboxylic acids is 1. The third kappa shape index (κ3) is 2.43. The number of nitrogens with zero attached hydrogens (tertiary/aromatic N) is 2. The minimum Gasteiger partial charge on any atom is -0.480 e. The molecule has 0 radical (unpaired) electrons. The third-order valence-corrected chi connectivity index (χ3v) is 4.60. The first kappa shape index (κ1) is 14.0. The summed E-state index contributed by atoms with van der Waals surface area (Å²) in [4.78, 5) is 10.8. The van der Waals surface area contributed by atoms with Crippen LogP contribution in [0.25, 0.3) is 0 Å². The molecule has 1 aromatic carbocycles. The van der Waals surface area contributed by atoms with E-state index in [0.29, 0.717) is 0 Å². The van der Waals surface area contributed by atoms with Crippen LogP contribution in [-0.2, 0) is 14.8 Å². The molecule has 1 rings (SSSR count). The van der Waals surface area contributed by atoms with Crippen molar-refractivity contribution in [2.75, 3.05) is 11.4 Å². The SMILES string of the molecule is CC(C(=O)O)S(=O)(=O)N(C)c1ccccc1C#N. The minimum atomic E-state index is -4.04. The van der Waals surface area contributed by atoms with Gasteiger partial charge in [-0.2, -0.15) is 5.26 Å². The summed E-state index contributed by atoms with van der Waals surface area (Å²) in [5.41, 5.74) is 0.328. The molecule has 0 spiro atoms. The van der Waals surface area contributed by atoms with Gasteiger partial charge in [-0.1, -0.05) is 12.1 Å². The summed E-state index contributed by atoms with van der Waals surface area (Å²) < 4.78 is 24.8. The van der Waals surface area contributed by atoms with Gasteiger partial charge in [-0.3, -0.25) is 9.10 Å². The van der Waals surface area contributed by atoms with Crippen molar-refractivity contribution in [3.8, 4) is 6.07 Å². The van der Waals surface area contributed by atoms with Crippen LogP contribution in [0.15, 0.2) is 24.3 Å². The van der Waals surface area contributed by atoms with Crippen LogP contribution >= 0.6 is 0 Å². The lowest BCUT2D eigenvalue weighted by molar-refractivity contribution is -0.136. The van der Waals surface area contributed by atoms with E-state index < -0.39 is 21.2 Å². The lowest BCUT2D eigenvalue weighted by Gasteiger charge is -2.22. The summed E-state index contributed by atoms with van der Waals surface area (Å²) in [5, 5.41) is 16.1. The van der Waals surface area contributed by atoms with Crippen LogP contribution in [0.3, 0.4) is 0 Å². The van der Waals surface area contributed by atoms with Crippen LogP contribution in [0, 0.1) is 11.3 Å². The average molecular weight is 268 g/mol. The number of rotatable bonds is 4. The van der Waals surface area contributed by atoms with Gasteiger partial charge in [0.2, 0.25) is 10.0 Å². The number of carboxylic acid groups (broad SMARTS) is 1. The van der Waals surface area contributed by atoms with Gasteiger partial charge in [0.15, 0.2) is 5.25 Å². The summed E-state index contributed by atoms with van der Waals surface area (Å²) in [6.45, 7) is 1.09. The van der Waals surface area contributed by atoms with Crippen LogP contribution in [-0.4, -0.2) is 31.8 Å². The Morgan fingerprint density at radius 1 is 1.44 bits per heavy atom. The molecule has 18 heavy (non-hydrogen) atoms. The zero-order chi connectivity index (χ0) is 13.9. The molecule has 0 aliphatic carbocycles. The molecule has 7 heteroatoms. The molecular weight excluding hydrogens is 256 g/mol. The van der Waals surface area contributed by atoms with E-state index in [1.807, 2.05) is 6.07 Å². The van der Waals surface area contributed by atoms with E-state index in [-0.39, 0.29) is 11.3 Å². The molecule has 0 bridgehead atoms. The summed E-state index contributed by atoms with van der Waals surface area (Å²) in [6, 6.07) is 7.95. The topological polar surface area (TPSA) is 98.5 Å². The summed E-state index contributed by atoms with van der Waals surface area (Å²) in [7, 11) is -2.81. The molecule has 0 aliphatic rings. The predicted octanol–water partition coefficient (Wildman–Crippen LogP) is 0.797. The Kier molecular flexibility index (Phi) is 3.93. The van der Waals surface area contributed by atoms with Crippen LogP contribution in [0.2, 0.25) is 0 Å². The molecular formula is C11H12N2O4S. The number of carbonyl (C=O) groups is 1. The van der Waals surface area contributed by atoms with Gasteiger partial charge in [0.1, 0.15) is 6.07 Å². The van der Waals surface area contributed by atoms with Crippen LogP contribution in [0.4, 0.5) is 5.69 Å². The largest absolute Gasteiger partial charge is 0.480 e. The average Bonchev–Trinajstić information content (AvgIpc) is 2.36. The standard InChI is InChI=1S/C11H12N2O4S/c1-8(11(14)15)18(16,17)13(2)10-6-4-3-5-9(10)7-12/h3-6,8H,1-2H3,(H,14,15). The molecule has 0 heterocycles. The van der Waals surface area contributed by atoms with Crippen molar-refractivity contribution < 1.29 is 18.3 Å². The van der Waals surface area contributed by atoms with E-state index in [9.17, 15) is 13.2 Å². The van der Waals surface area contributed by atoms with Crippen LogP contribution in [0.1, 0.15) is 12.5 Å². The maximum Gasteiger partial charge on any atom is 0.323 e. The normalized spacial score (nSPS) is 12.5. The van der Waals surface area contributed by atoms with E-state index in [2.05, 4.69) is 0 Å². The molecule has 1 atom stereocenters. The maximum atomic E-state index is 12.0. The number of sulfonamides is 1. The summed E-state index contributed by atoms with van der Waals surface area (Å²) in [6.07, 6.45) is 0. The fraction of sp³-hybridized carbons (Fsp3) is 0.273. The fourth-order valence-corrected chi connectivity index (χ4v) is 2.51. The molecule has 0 amide bonds. The van der Waals surface area contributed by atoms with E-state index in [0.717, 1.165) is 11.2 Å². The third-order valence-electron chi connectivity index (χ3n) is 2.54. The molecule has 1 N–H and O–H groups in total. The number of hydrogen-bond acceptors (Lipinski definition) is 4. The van der Waals surface area contributed by atoms with Crippen molar-refractivity contribution in [3.05, 3.63) is 29.8 Å². The molecule has 0 fully saturated rings. The fourth-order valence-electron chi connectivity index (χ4n) is 1.34. The molecule has 0 saturated carbocycles. The molecule has 1 unspecified atom stereocenters.